The van der Waals surface area contributed by atoms with Crippen molar-refractivity contribution in [3.05, 3.63) is 23.3 Å². The van der Waals surface area contributed by atoms with Gasteiger partial charge < -0.3 is 5.11 Å². The minimum Gasteiger partial charge on any atom is -0.386 e. The maximum Gasteiger partial charge on any atom is 0.0990 e. The molecule has 0 fully saturated rings. The van der Waals surface area contributed by atoms with Crippen LogP contribution in [-0.4, -0.2) is 10.7 Å². The Morgan fingerprint density at radius 2 is 2.13 bits per heavy atom. The molecule has 0 aromatic heterocycles. The lowest BCUT2D eigenvalue weighted by Crippen LogP contribution is -2.34. The van der Waals surface area contributed by atoms with Gasteiger partial charge in [0.15, 0.2) is 0 Å². The normalized spacial score (nSPS) is 30.7. The summed E-state index contributed by atoms with van der Waals surface area (Å²) in [6, 6.07) is 2.18. The molecule has 1 rings (SSSR count). The maximum atomic E-state index is 10.1. The largest absolute Gasteiger partial charge is 0.386 e. The quantitative estimate of drug-likeness (QED) is 0.669. The number of rotatable bonds is 1. The Labute approximate surface area is 91.9 Å². The molecule has 0 bridgehead atoms. The summed E-state index contributed by atoms with van der Waals surface area (Å²) in [6.45, 7) is 7.91. The number of hydrogen-bond acceptors (Lipinski definition) is 2. The van der Waals surface area contributed by atoms with E-state index >= 15 is 0 Å². The van der Waals surface area contributed by atoms with Crippen molar-refractivity contribution in [3.63, 3.8) is 0 Å². The number of nitrogens with zero attached hydrogens (tertiary/aromatic N) is 1. The first-order valence-electron chi connectivity index (χ1n) is 5.30. The maximum absolute atomic E-state index is 10.1. The molecule has 0 spiro atoms. The summed E-state index contributed by atoms with van der Waals surface area (Å²) in [5.74, 6) is 0. The molecule has 1 aliphatic carbocycles. The summed E-state index contributed by atoms with van der Waals surface area (Å²) in [5, 5.41) is 19.1. The molecule has 0 saturated heterocycles. The molecule has 1 aliphatic rings. The van der Waals surface area contributed by atoms with Crippen LogP contribution in [0.2, 0.25) is 0 Å². The molecule has 15 heavy (non-hydrogen) atoms. The van der Waals surface area contributed by atoms with Gasteiger partial charge in [-0.3, -0.25) is 0 Å². The van der Waals surface area contributed by atoms with E-state index in [9.17, 15) is 5.11 Å². The molecule has 1 N–H and O–H groups in total. The van der Waals surface area contributed by atoms with E-state index in [1.54, 1.807) is 6.92 Å². The minimum absolute atomic E-state index is 0.0543. The van der Waals surface area contributed by atoms with Gasteiger partial charge in [0.2, 0.25) is 0 Å². The molecule has 0 saturated carbocycles. The number of aliphatic hydroxyl groups is 1. The van der Waals surface area contributed by atoms with Gasteiger partial charge >= 0.3 is 0 Å². The van der Waals surface area contributed by atoms with Crippen molar-refractivity contribution in [1.82, 2.24) is 0 Å². The van der Waals surface area contributed by atoms with E-state index in [0.717, 1.165) is 18.4 Å². The van der Waals surface area contributed by atoms with E-state index in [0.29, 0.717) is 5.57 Å². The van der Waals surface area contributed by atoms with Crippen LogP contribution in [0.4, 0.5) is 0 Å². The molecule has 0 heterocycles. The first kappa shape index (κ1) is 12.0. The van der Waals surface area contributed by atoms with Gasteiger partial charge in [0, 0.05) is 0 Å². The zero-order valence-electron chi connectivity index (χ0n) is 9.96. The van der Waals surface area contributed by atoms with Crippen molar-refractivity contribution in [3.8, 4) is 6.07 Å². The highest BCUT2D eigenvalue weighted by molar-refractivity contribution is 5.44. The smallest absolute Gasteiger partial charge is 0.0990 e. The lowest BCUT2D eigenvalue weighted by atomic mass is 9.70. The third kappa shape index (κ3) is 2.94. The number of hydrogen-bond donors (Lipinski definition) is 1. The molecule has 1 atom stereocenters. The minimum atomic E-state index is -0.789. The first-order valence-corrected chi connectivity index (χ1v) is 5.30. The van der Waals surface area contributed by atoms with Gasteiger partial charge in [0.1, 0.15) is 0 Å². The van der Waals surface area contributed by atoms with Gasteiger partial charge in [0.05, 0.1) is 17.2 Å². The van der Waals surface area contributed by atoms with Gasteiger partial charge in [-0.05, 0) is 43.8 Å². The Hall–Kier alpha value is -1.07. The topological polar surface area (TPSA) is 44.0 Å². The van der Waals surface area contributed by atoms with Crippen LogP contribution < -0.4 is 0 Å². The van der Waals surface area contributed by atoms with Crippen LogP contribution >= 0.6 is 0 Å². The zero-order valence-corrected chi connectivity index (χ0v) is 9.96. The first-order chi connectivity index (χ1) is 6.79. The summed E-state index contributed by atoms with van der Waals surface area (Å²) in [4.78, 5) is 0. The molecular formula is C13H19NO. The van der Waals surface area contributed by atoms with E-state index in [-0.39, 0.29) is 5.41 Å². The molecule has 0 radical (unpaired) electrons. The SMILES string of the molecule is C/C=C(\C#N)C1=CC(C)(O)CC(C)(C)C1. The van der Waals surface area contributed by atoms with Crippen LogP contribution in [-0.2, 0) is 0 Å². The van der Waals surface area contributed by atoms with Crippen LogP contribution in [0.1, 0.15) is 40.5 Å². The van der Waals surface area contributed by atoms with Crippen molar-refractivity contribution in [2.45, 2.75) is 46.1 Å². The highest BCUT2D eigenvalue weighted by Gasteiger charge is 2.35. The molecule has 1 unspecified atom stereocenters. The second-order valence-electron chi connectivity index (χ2n) is 5.36. The van der Waals surface area contributed by atoms with Crippen molar-refractivity contribution in [1.29, 1.82) is 5.26 Å². The third-order valence-corrected chi connectivity index (χ3v) is 2.75. The van der Waals surface area contributed by atoms with Crippen molar-refractivity contribution in [2.24, 2.45) is 5.41 Å². The zero-order chi connectivity index (χ0) is 11.7. The van der Waals surface area contributed by atoms with Crippen LogP contribution in [0.3, 0.4) is 0 Å². The van der Waals surface area contributed by atoms with Crippen LogP contribution in [0, 0.1) is 16.7 Å². The average Bonchev–Trinajstić information content (AvgIpc) is 2.00. The van der Waals surface area contributed by atoms with Crippen molar-refractivity contribution >= 4 is 0 Å². The second-order valence-corrected chi connectivity index (χ2v) is 5.36. The van der Waals surface area contributed by atoms with Crippen molar-refractivity contribution in [2.75, 3.05) is 0 Å². The van der Waals surface area contributed by atoms with Gasteiger partial charge in [-0.2, -0.15) is 5.26 Å². The Morgan fingerprint density at radius 3 is 2.53 bits per heavy atom. The fraction of sp³-hybridized carbons (Fsp3) is 0.615. The molecule has 0 amide bonds. The summed E-state index contributed by atoms with van der Waals surface area (Å²) in [6.07, 6.45) is 5.24. The molecule has 2 heteroatoms. The van der Waals surface area contributed by atoms with E-state index < -0.39 is 5.60 Å². The third-order valence-electron chi connectivity index (χ3n) is 2.75. The lowest BCUT2D eigenvalue weighted by Gasteiger charge is -2.38. The summed E-state index contributed by atoms with van der Waals surface area (Å²) in [5.41, 5.74) is 0.922. The van der Waals surface area contributed by atoms with Gasteiger partial charge in [-0.15, -0.1) is 0 Å². The van der Waals surface area contributed by atoms with Crippen LogP contribution in [0.15, 0.2) is 23.3 Å². The summed E-state index contributed by atoms with van der Waals surface area (Å²) >= 11 is 0. The molecule has 2 nitrogen and oxygen atoms in total. The van der Waals surface area contributed by atoms with Gasteiger partial charge in [-0.1, -0.05) is 19.9 Å². The second kappa shape index (κ2) is 3.83. The van der Waals surface area contributed by atoms with E-state index in [4.69, 9.17) is 5.26 Å². The lowest BCUT2D eigenvalue weighted by molar-refractivity contribution is 0.0485. The van der Waals surface area contributed by atoms with E-state index in [2.05, 4.69) is 19.9 Å². The standard InChI is InChI=1S/C13H19NO/c1-5-10(8-14)11-6-12(2,3)9-13(4,15)7-11/h5,7,15H,6,9H2,1-4H3/b10-5+. The summed E-state index contributed by atoms with van der Waals surface area (Å²) in [7, 11) is 0. The molecule has 82 valence electrons. The molecule has 0 aromatic rings. The predicted octanol–water partition coefficient (Wildman–Crippen LogP) is 2.95. The van der Waals surface area contributed by atoms with Gasteiger partial charge in [-0.25, -0.2) is 0 Å². The van der Waals surface area contributed by atoms with Gasteiger partial charge in [0.25, 0.3) is 0 Å². The van der Waals surface area contributed by atoms with E-state index in [1.165, 1.54) is 0 Å². The Bertz CT molecular complexity index is 353. The number of allylic oxidation sites excluding steroid dienone is 3. The highest BCUT2D eigenvalue weighted by atomic mass is 16.3. The predicted molar refractivity (Wildman–Crippen MR) is 61.1 cm³/mol. The summed E-state index contributed by atoms with van der Waals surface area (Å²) < 4.78 is 0. The number of nitriles is 1. The molecular weight excluding hydrogens is 186 g/mol. The molecule has 0 aromatic carbocycles. The molecule has 0 aliphatic heterocycles. The average molecular weight is 205 g/mol. The van der Waals surface area contributed by atoms with E-state index in [1.807, 2.05) is 19.1 Å². The van der Waals surface area contributed by atoms with Crippen LogP contribution in [0.25, 0.3) is 0 Å². The monoisotopic (exact) mass is 205 g/mol. The Kier molecular flexibility index (Phi) is 3.06. The highest BCUT2D eigenvalue weighted by Crippen LogP contribution is 2.41. The fourth-order valence-corrected chi connectivity index (χ4v) is 2.52. The Balaban J connectivity index is 3.11. The van der Waals surface area contributed by atoms with Crippen LogP contribution in [0.5, 0.6) is 0 Å². The fourth-order valence-electron chi connectivity index (χ4n) is 2.52. The van der Waals surface area contributed by atoms with Crippen molar-refractivity contribution < 1.29 is 5.11 Å². The Morgan fingerprint density at radius 1 is 1.53 bits per heavy atom.